The number of aromatic nitrogens is 2. The zero-order valence-corrected chi connectivity index (χ0v) is 11.9. The Morgan fingerprint density at radius 3 is 2.81 bits per heavy atom. The number of aromatic hydroxyl groups is 1. The fraction of sp³-hybridized carbons (Fsp3) is 0.235. The first-order chi connectivity index (χ1) is 10.2. The van der Waals surface area contributed by atoms with E-state index in [2.05, 4.69) is 16.5 Å². The van der Waals surface area contributed by atoms with Crippen LogP contribution in [-0.2, 0) is 13.0 Å². The Kier molecular flexibility index (Phi) is 3.60. The average molecular weight is 284 g/mol. The smallest absolute Gasteiger partial charge is 0.123 e. The van der Waals surface area contributed by atoms with Gasteiger partial charge in [-0.1, -0.05) is 19.1 Å². The normalized spacial score (nSPS) is 11.1. The fourth-order valence-corrected chi connectivity index (χ4v) is 2.60. The van der Waals surface area contributed by atoms with Crippen molar-refractivity contribution < 1.29 is 9.50 Å². The van der Waals surface area contributed by atoms with E-state index in [9.17, 15) is 9.50 Å². The topological polar surface area (TPSA) is 38.0 Å². The van der Waals surface area contributed by atoms with E-state index in [1.54, 1.807) is 0 Å². The molecule has 1 heterocycles. The van der Waals surface area contributed by atoms with Gasteiger partial charge >= 0.3 is 0 Å². The highest BCUT2D eigenvalue weighted by Gasteiger charge is 2.12. The molecule has 0 aliphatic carbocycles. The first-order valence-electron chi connectivity index (χ1n) is 7.10. The summed E-state index contributed by atoms with van der Waals surface area (Å²) < 4.78 is 15.5. The van der Waals surface area contributed by atoms with Gasteiger partial charge in [-0.2, -0.15) is 0 Å². The van der Waals surface area contributed by atoms with Crippen LogP contribution in [0.1, 0.15) is 24.7 Å². The summed E-state index contributed by atoms with van der Waals surface area (Å²) in [7, 11) is 0. The maximum absolute atomic E-state index is 13.4. The van der Waals surface area contributed by atoms with E-state index in [0.717, 1.165) is 29.8 Å². The first-order valence-corrected chi connectivity index (χ1v) is 7.10. The van der Waals surface area contributed by atoms with Gasteiger partial charge in [0.15, 0.2) is 0 Å². The number of rotatable bonds is 4. The second-order valence-corrected chi connectivity index (χ2v) is 5.12. The van der Waals surface area contributed by atoms with E-state index in [0.29, 0.717) is 12.0 Å². The van der Waals surface area contributed by atoms with Gasteiger partial charge in [0, 0.05) is 18.5 Å². The monoisotopic (exact) mass is 284 g/mol. The maximum atomic E-state index is 13.4. The van der Waals surface area contributed by atoms with E-state index in [1.807, 2.05) is 24.3 Å². The first kappa shape index (κ1) is 13.6. The third-order valence-corrected chi connectivity index (χ3v) is 3.57. The van der Waals surface area contributed by atoms with Gasteiger partial charge in [0.25, 0.3) is 0 Å². The van der Waals surface area contributed by atoms with Gasteiger partial charge in [-0.05, 0) is 36.8 Å². The largest absolute Gasteiger partial charge is 0.508 e. The Balaban J connectivity index is 2.07. The van der Waals surface area contributed by atoms with Gasteiger partial charge in [0.2, 0.25) is 0 Å². The van der Waals surface area contributed by atoms with Crippen LogP contribution in [-0.4, -0.2) is 14.7 Å². The minimum atomic E-state index is -0.346. The SMILES string of the molecule is CCCn1c(Cc2cc(F)ccc2O)nc2ccccc21. The minimum absolute atomic E-state index is 0.103. The molecule has 3 nitrogen and oxygen atoms in total. The fourth-order valence-electron chi connectivity index (χ4n) is 2.60. The van der Waals surface area contributed by atoms with Gasteiger partial charge in [-0.3, -0.25) is 0 Å². The highest BCUT2D eigenvalue weighted by molar-refractivity contribution is 5.76. The van der Waals surface area contributed by atoms with Crippen molar-refractivity contribution in [1.82, 2.24) is 9.55 Å². The lowest BCUT2D eigenvalue weighted by Crippen LogP contribution is -2.04. The quantitative estimate of drug-likeness (QED) is 0.789. The molecule has 0 radical (unpaired) electrons. The van der Waals surface area contributed by atoms with Crippen LogP contribution >= 0.6 is 0 Å². The molecule has 3 rings (SSSR count). The van der Waals surface area contributed by atoms with Gasteiger partial charge in [-0.15, -0.1) is 0 Å². The molecule has 0 atom stereocenters. The Morgan fingerprint density at radius 1 is 1.19 bits per heavy atom. The predicted molar refractivity (Wildman–Crippen MR) is 80.9 cm³/mol. The number of benzene rings is 2. The predicted octanol–water partition coefficient (Wildman–Crippen LogP) is 3.88. The molecule has 1 N–H and O–H groups in total. The Labute approximate surface area is 122 Å². The van der Waals surface area contributed by atoms with Crippen LogP contribution in [0.4, 0.5) is 4.39 Å². The molecule has 0 spiro atoms. The van der Waals surface area contributed by atoms with Crippen molar-refractivity contribution in [1.29, 1.82) is 0 Å². The van der Waals surface area contributed by atoms with E-state index >= 15 is 0 Å². The van der Waals surface area contributed by atoms with E-state index in [1.165, 1.54) is 18.2 Å². The number of phenols is 1. The van der Waals surface area contributed by atoms with Crippen molar-refractivity contribution in [2.45, 2.75) is 26.3 Å². The maximum Gasteiger partial charge on any atom is 0.123 e. The molecule has 0 amide bonds. The van der Waals surface area contributed by atoms with Crippen LogP contribution in [0.15, 0.2) is 42.5 Å². The number of halogens is 1. The van der Waals surface area contributed by atoms with E-state index in [4.69, 9.17) is 0 Å². The molecule has 4 heteroatoms. The van der Waals surface area contributed by atoms with Crippen molar-refractivity contribution in [3.63, 3.8) is 0 Å². The Morgan fingerprint density at radius 2 is 2.00 bits per heavy atom. The molecule has 0 aliphatic heterocycles. The molecule has 0 fully saturated rings. The van der Waals surface area contributed by atoms with Gasteiger partial charge in [0.1, 0.15) is 17.4 Å². The van der Waals surface area contributed by atoms with Crippen molar-refractivity contribution >= 4 is 11.0 Å². The zero-order chi connectivity index (χ0) is 14.8. The highest BCUT2D eigenvalue weighted by atomic mass is 19.1. The molecule has 0 saturated heterocycles. The molecule has 1 aromatic heterocycles. The number of para-hydroxylation sites is 2. The van der Waals surface area contributed by atoms with Crippen LogP contribution in [0.3, 0.4) is 0 Å². The second-order valence-electron chi connectivity index (χ2n) is 5.12. The zero-order valence-electron chi connectivity index (χ0n) is 11.9. The molecule has 21 heavy (non-hydrogen) atoms. The van der Waals surface area contributed by atoms with Crippen LogP contribution in [0.5, 0.6) is 5.75 Å². The molecule has 0 bridgehead atoms. The number of hydrogen-bond donors (Lipinski definition) is 1. The standard InChI is InChI=1S/C17H17FN2O/c1-2-9-20-15-6-4-3-5-14(15)19-17(20)11-12-10-13(18)7-8-16(12)21/h3-8,10,21H,2,9,11H2,1H3. The van der Waals surface area contributed by atoms with Crippen LogP contribution < -0.4 is 0 Å². The Bertz CT molecular complexity index is 780. The van der Waals surface area contributed by atoms with Gasteiger partial charge in [-0.25, -0.2) is 9.37 Å². The van der Waals surface area contributed by atoms with Crippen molar-refractivity contribution in [2.75, 3.05) is 0 Å². The summed E-state index contributed by atoms with van der Waals surface area (Å²) in [4.78, 5) is 4.63. The number of fused-ring (bicyclic) bond motifs is 1. The molecule has 0 unspecified atom stereocenters. The van der Waals surface area contributed by atoms with Crippen LogP contribution in [0.25, 0.3) is 11.0 Å². The molecule has 0 saturated carbocycles. The van der Waals surface area contributed by atoms with E-state index in [-0.39, 0.29) is 11.6 Å². The van der Waals surface area contributed by atoms with Gasteiger partial charge < -0.3 is 9.67 Å². The second kappa shape index (κ2) is 5.56. The third kappa shape index (κ3) is 2.61. The summed E-state index contributed by atoms with van der Waals surface area (Å²) in [5.41, 5.74) is 2.56. The number of imidazole rings is 1. The number of nitrogens with zero attached hydrogens (tertiary/aromatic N) is 2. The highest BCUT2D eigenvalue weighted by Crippen LogP contribution is 2.24. The lowest BCUT2D eigenvalue weighted by Gasteiger charge is -2.09. The average Bonchev–Trinajstić information content (AvgIpc) is 2.81. The number of phenolic OH excluding ortho intramolecular Hbond substituents is 1. The van der Waals surface area contributed by atoms with Gasteiger partial charge in [0.05, 0.1) is 11.0 Å². The summed E-state index contributed by atoms with van der Waals surface area (Å²) in [5.74, 6) is 0.603. The summed E-state index contributed by atoms with van der Waals surface area (Å²) in [6.07, 6.45) is 1.40. The third-order valence-electron chi connectivity index (χ3n) is 3.57. The van der Waals surface area contributed by atoms with Crippen LogP contribution in [0, 0.1) is 5.82 Å². The lowest BCUT2D eigenvalue weighted by atomic mass is 10.1. The Hall–Kier alpha value is -2.36. The molecule has 108 valence electrons. The van der Waals surface area contributed by atoms with Crippen LogP contribution in [0.2, 0.25) is 0 Å². The van der Waals surface area contributed by atoms with Crippen molar-refractivity contribution in [3.8, 4) is 5.75 Å². The number of hydrogen-bond acceptors (Lipinski definition) is 2. The molecule has 3 aromatic rings. The van der Waals surface area contributed by atoms with Crippen molar-refractivity contribution in [2.24, 2.45) is 0 Å². The summed E-state index contributed by atoms with van der Waals surface area (Å²) in [6, 6.07) is 12.0. The van der Waals surface area contributed by atoms with E-state index < -0.39 is 0 Å². The summed E-state index contributed by atoms with van der Waals surface area (Å²) in [6.45, 7) is 2.96. The summed E-state index contributed by atoms with van der Waals surface area (Å²) in [5, 5.41) is 9.89. The minimum Gasteiger partial charge on any atom is -0.508 e. The lowest BCUT2D eigenvalue weighted by molar-refractivity contribution is 0.466. The summed E-state index contributed by atoms with van der Waals surface area (Å²) >= 11 is 0. The molecular weight excluding hydrogens is 267 g/mol. The molecular formula is C17H17FN2O. The number of aryl methyl sites for hydroxylation is 1. The van der Waals surface area contributed by atoms with Crippen molar-refractivity contribution in [3.05, 3.63) is 59.7 Å². The molecule has 2 aromatic carbocycles. The molecule has 0 aliphatic rings.